The van der Waals surface area contributed by atoms with Crippen LogP contribution in [-0.2, 0) is 14.8 Å². The molecule has 0 aromatic carbocycles. The van der Waals surface area contributed by atoms with Crippen LogP contribution in [-0.4, -0.2) is 19.3 Å². The zero-order valence-corrected chi connectivity index (χ0v) is 8.51. The summed E-state index contributed by atoms with van der Waals surface area (Å²) in [4.78, 5) is 15.5. The first-order chi connectivity index (χ1) is 6.93. The second kappa shape index (κ2) is 4.32. The first kappa shape index (κ1) is 11.5. The molecule has 0 saturated heterocycles. The highest BCUT2D eigenvalue weighted by molar-refractivity contribution is 7.89. The number of pyridine rings is 1. The first-order valence-electron chi connectivity index (χ1n) is 3.82. The van der Waals surface area contributed by atoms with Gasteiger partial charge >= 0.3 is 0 Å². The second-order valence-corrected chi connectivity index (χ2v) is 4.17. The molecule has 0 bridgehead atoms. The molecule has 1 aromatic heterocycles. The number of hydrazine groups is 1. The lowest BCUT2D eigenvalue weighted by atomic mass is 10.5. The van der Waals surface area contributed by atoms with E-state index in [2.05, 4.69) is 4.98 Å². The number of amides is 1. The van der Waals surface area contributed by atoms with E-state index in [4.69, 9.17) is 0 Å². The summed E-state index contributed by atoms with van der Waals surface area (Å²) in [6.07, 6.45) is 1.13. The van der Waals surface area contributed by atoms with Crippen LogP contribution < -0.4 is 10.3 Å². The molecule has 0 fully saturated rings. The van der Waals surface area contributed by atoms with Crippen molar-refractivity contribution in [3.05, 3.63) is 24.1 Å². The number of rotatable bonds is 3. The Balaban J connectivity index is 2.97. The summed E-state index contributed by atoms with van der Waals surface area (Å²) in [6, 6.07) is 2.21. The van der Waals surface area contributed by atoms with Crippen molar-refractivity contribution in [1.82, 2.24) is 15.2 Å². The number of hydrogen-bond acceptors (Lipinski definition) is 4. The minimum absolute atomic E-state index is 0.616. The highest BCUT2D eigenvalue weighted by Gasteiger charge is 2.20. The van der Waals surface area contributed by atoms with Crippen LogP contribution in [0.3, 0.4) is 0 Å². The minimum Gasteiger partial charge on any atom is -0.278 e. The average molecular weight is 233 g/mol. The number of hydrogen-bond donors (Lipinski definition) is 2. The van der Waals surface area contributed by atoms with Crippen LogP contribution in [0.5, 0.6) is 0 Å². The highest BCUT2D eigenvalue weighted by Crippen LogP contribution is 2.08. The van der Waals surface area contributed by atoms with Gasteiger partial charge in [-0.25, -0.2) is 17.8 Å². The van der Waals surface area contributed by atoms with E-state index < -0.39 is 26.8 Å². The van der Waals surface area contributed by atoms with Gasteiger partial charge in [0.1, 0.15) is 0 Å². The molecule has 0 radical (unpaired) electrons. The SMILES string of the molecule is CC(=O)NNS(=O)(=O)c1ncccc1F. The quantitative estimate of drug-likeness (QED) is 0.692. The molecule has 2 N–H and O–H groups in total. The number of aromatic nitrogens is 1. The van der Waals surface area contributed by atoms with Gasteiger partial charge in [-0.2, -0.15) is 0 Å². The molecule has 1 rings (SSSR count). The van der Waals surface area contributed by atoms with Gasteiger partial charge in [-0.05, 0) is 12.1 Å². The number of carbonyl (C=O) groups excluding carboxylic acids is 1. The smallest absolute Gasteiger partial charge is 0.277 e. The van der Waals surface area contributed by atoms with Gasteiger partial charge in [0.15, 0.2) is 5.82 Å². The number of nitrogens with one attached hydrogen (secondary N) is 2. The number of nitrogens with zero attached hydrogens (tertiary/aromatic N) is 1. The normalized spacial score (nSPS) is 11.1. The van der Waals surface area contributed by atoms with Gasteiger partial charge in [0.05, 0.1) is 0 Å². The predicted molar refractivity (Wildman–Crippen MR) is 48.3 cm³/mol. The largest absolute Gasteiger partial charge is 0.278 e. The maximum absolute atomic E-state index is 13.0. The fraction of sp³-hybridized carbons (Fsp3) is 0.143. The van der Waals surface area contributed by atoms with Crippen LogP contribution in [0.4, 0.5) is 4.39 Å². The Bertz CT molecular complexity index is 474. The Morgan fingerprint density at radius 2 is 2.20 bits per heavy atom. The fourth-order valence-electron chi connectivity index (χ4n) is 0.756. The molecule has 0 atom stereocenters. The van der Waals surface area contributed by atoms with Crippen molar-refractivity contribution >= 4 is 15.9 Å². The third-order valence-electron chi connectivity index (χ3n) is 1.34. The average Bonchev–Trinajstić information content (AvgIpc) is 2.15. The van der Waals surface area contributed by atoms with Crippen LogP contribution in [0.1, 0.15) is 6.92 Å². The number of sulfonamides is 1. The van der Waals surface area contributed by atoms with Crippen LogP contribution >= 0.6 is 0 Å². The predicted octanol–water partition coefficient (Wildman–Crippen LogP) is -0.450. The summed E-state index contributed by atoms with van der Waals surface area (Å²) in [6.45, 7) is 1.11. The Morgan fingerprint density at radius 3 is 2.73 bits per heavy atom. The van der Waals surface area contributed by atoms with Crippen LogP contribution in [0, 0.1) is 5.82 Å². The molecule has 0 aliphatic heterocycles. The number of carbonyl (C=O) groups is 1. The molecule has 1 heterocycles. The molecule has 8 heteroatoms. The van der Waals surface area contributed by atoms with E-state index in [0.29, 0.717) is 0 Å². The van der Waals surface area contributed by atoms with Crippen LogP contribution in [0.25, 0.3) is 0 Å². The van der Waals surface area contributed by atoms with Crippen molar-refractivity contribution in [2.24, 2.45) is 0 Å². The zero-order valence-electron chi connectivity index (χ0n) is 7.69. The highest BCUT2D eigenvalue weighted by atomic mass is 32.2. The summed E-state index contributed by atoms with van der Waals surface area (Å²) in [7, 11) is -4.15. The minimum atomic E-state index is -4.15. The molecular weight excluding hydrogens is 225 g/mol. The third kappa shape index (κ3) is 2.96. The maximum atomic E-state index is 13.0. The molecule has 82 valence electrons. The van der Waals surface area contributed by atoms with E-state index >= 15 is 0 Å². The lowest BCUT2D eigenvalue weighted by molar-refractivity contribution is -0.119. The van der Waals surface area contributed by atoms with Crippen molar-refractivity contribution in [3.8, 4) is 0 Å². The summed E-state index contributed by atoms with van der Waals surface area (Å²) >= 11 is 0. The van der Waals surface area contributed by atoms with Gasteiger partial charge < -0.3 is 0 Å². The molecule has 0 aliphatic rings. The molecule has 0 saturated carbocycles. The molecule has 1 aromatic rings. The van der Waals surface area contributed by atoms with Gasteiger partial charge in [-0.1, -0.05) is 0 Å². The monoisotopic (exact) mass is 233 g/mol. The van der Waals surface area contributed by atoms with E-state index in [1.54, 1.807) is 4.83 Å². The lowest BCUT2D eigenvalue weighted by Gasteiger charge is -2.05. The van der Waals surface area contributed by atoms with Crippen LogP contribution in [0.2, 0.25) is 0 Å². The number of halogens is 1. The second-order valence-electron chi connectivity index (χ2n) is 2.58. The molecule has 6 nitrogen and oxygen atoms in total. The molecule has 15 heavy (non-hydrogen) atoms. The molecule has 0 spiro atoms. The summed E-state index contributed by atoms with van der Waals surface area (Å²) in [5.74, 6) is -1.61. The molecule has 0 aliphatic carbocycles. The Kier molecular flexibility index (Phi) is 3.32. The topological polar surface area (TPSA) is 88.2 Å². The fourth-order valence-corrected chi connectivity index (χ4v) is 1.66. The third-order valence-corrected chi connectivity index (χ3v) is 2.52. The molecular formula is C7H8FN3O3S. The van der Waals surface area contributed by atoms with E-state index in [0.717, 1.165) is 19.2 Å². The Labute approximate surface area is 85.5 Å². The van der Waals surface area contributed by atoms with Gasteiger partial charge in [0.2, 0.25) is 10.9 Å². The lowest BCUT2D eigenvalue weighted by Crippen LogP contribution is -2.40. The first-order valence-corrected chi connectivity index (χ1v) is 5.30. The van der Waals surface area contributed by atoms with Crippen LogP contribution in [0.15, 0.2) is 23.4 Å². The Morgan fingerprint density at radius 1 is 1.53 bits per heavy atom. The van der Waals surface area contributed by atoms with E-state index in [1.165, 1.54) is 6.07 Å². The van der Waals surface area contributed by atoms with Gasteiger partial charge in [-0.3, -0.25) is 10.2 Å². The van der Waals surface area contributed by atoms with Gasteiger partial charge in [-0.15, -0.1) is 4.83 Å². The van der Waals surface area contributed by atoms with E-state index in [1.807, 2.05) is 5.43 Å². The van der Waals surface area contributed by atoms with E-state index in [-0.39, 0.29) is 0 Å². The molecule has 1 amide bonds. The summed E-state index contributed by atoms with van der Waals surface area (Å²) < 4.78 is 35.7. The van der Waals surface area contributed by atoms with Crippen molar-refractivity contribution in [1.29, 1.82) is 0 Å². The summed E-state index contributed by atoms with van der Waals surface area (Å²) in [5.41, 5.74) is 1.83. The standard InChI is InChI=1S/C7H8FN3O3S/c1-5(12)10-11-15(13,14)7-6(8)3-2-4-9-7/h2-4,11H,1H3,(H,10,12). The van der Waals surface area contributed by atoms with Gasteiger partial charge in [0.25, 0.3) is 10.0 Å². The maximum Gasteiger partial charge on any atom is 0.277 e. The van der Waals surface area contributed by atoms with Gasteiger partial charge in [0, 0.05) is 13.1 Å². The van der Waals surface area contributed by atoms with Crippen molar-refractivity contribution < 1.29 is 17.6 Å². The van der Waals surface area contributed by atoms with Crippen molar-refractivity contribution in [2.45, 2.75) is 11.9 Å². The zero-order chi connectivity index (χ0) is 11.5. The molecule has 0 unspecified atom stereocenters. The van der Waals surface area contributed by atoms with E-state index in [9.17, 15) is 17.6 Å². The van der Waals surface area contributed by atoms with Crippen molar-refractivity contribution in [3.63, 3.8) is 0 Å². The summed E-state index contributed by atoms with van der Waals surface area (Å²) in [5, 5.41) is -0.765. The van der Waals surface area contributed by atoms with Crippen molar-refractivity contribution in [2.75, 3.05) is 0 Å². The Hall–Kier alpha value is -1.54.